The Morgan fingerprint density at radius 3 is 2.45 bits per heavy atom. The molecule has 3 rings (SSSR count). The van der Waals surface area contributed by atoms with Crippen molar-refractivity contribution in [2.75, 3.05) is 18.6 Å². The molecule has 2 heterocycles. The first-order valence-electron chi connectivity index (χ1n) is 9.43. The van der Waals surface area contributed by atoms with Gasteiger partial charge < -0.3 is 29.6 Å². The van der Waals surface area contributed by atoms with Gasteiger partial charge in [-0.15, -0.1) is 0 Å². The highest BCUT2D eigenvalue weighted by Gasteiger charge is 2.48. The first-order valence-corrected chi connectivity index (χ1v) is 11.3. The molecule has 31 heavy (non-hydrogen) atoms. The number of fused-ring (bicyclic) bond motifs is 1. The molecule has 1 aromatic rings. The molecule has 0 aromatic heterocycles. The van der Waals surface area contributed by atoms with Crippen molar-refractivity contribution in [1.29, 1.82) is 0 Å². The van der Waals surface area contributed by atoms with E-state index in [1.807, 2.05) is 0 Å². The number of carbonyl (C=O) groups is 1. The van der Waals surface area contributed by atoms with Crippen LogP contribution in [-0.4, -0.2) is 60.2 Å². The number of rotatable bonds is 6. The second-order valence-electron chi connectivity index (χ2n) is 7.12. The first kappa shape index (κ1) is 22.5. The van der Waals surface area contributed by atoms with Crippen LogP contribution in [0.2, 0.25) is 0 Å². The molecule has 1 fully saturated rings. The van der Waals surface area contributed by atoms with Crippen LogP contribution in [0.1, 0.15) is 36.5 Å². The SMILES string of the molecule is C\C=C(O)/C(CC(=O)c1ccc(OC)c2c1OC1(CCS(=O)(=O)CC1)O2)=C(O)\C=N\O. The maximum atomic E-state index is 13.1. The van der Waals surface area contributed by atoms with Gasteiger partial charge in [-0.05, 0) is 25.1 Å². The normalized spacial score (nSPS) is 20.0. The van der Waals surface area contributed by atoms with Crippen molar-refractivity contribution in [1.82, 2.24) is 0 Å². The Hall–Kier alpha value is -3.21. The Kier molecular flexibility index (Phi) is 6.16. The third-order valence-electron chi connectivity index (χ3n) is 5.17. The van der Waals surface area contributed by atoms with Crippen LogP contribution in [0.3, 0.4) is 0 Å². The number of ether oxygens (including phenoxy) is 3. The molecule has 0 saturated carbocycles. The largest absolute Gasteiger partial charge is 0.508 e. The van der Waals surface area contributed by atoms with E-state index in [0.717, 1.165) is 0 Å². The van der Waals surface area contributed by atoms with Gasteiger partial charge in [0.1, 0.15) is 17.7 Å². The predicted molar refractivity (Wildman–Crippen MR) is 110 cm³/mol. The quantitative estimate of drug-likeness (QED) is 0.147. The second-order valence-corrected chi connectivity index (χ2v) is 9.43. The molecule has 1 aromatic carbocycles. The molecular weight excluding hydrogens is 430 g/mol. The summed E-state index contributed by atoms with van der Waals surface area (Å²) in [6.45, 7) is 1.51. The van der Waals surface area contributed by atoms with Gasteiger partial charge in [0.25, 0.3) is 5.79 Å². The molecule has 0 radical (unpaired) electrons. The number of nitrogens with zero attached hydrogens (tertiary/aromatic N) is 1. The zero-order valence-electron chi connectivity index (χ0n) is 17.0. The Morgan fingerprint density at radius 2 is 1.87 bits per heavy atom. The van der Waals surface area contributed by atoms with E-state index in [1.54, 1.807) is 0 Å². The number of sulfone groups is 1. The van der Waals surface area contributed by atoms with Crippen molar-refractivity contribution in [3.8, 4) is 17.2 Å². The van der Waals surface area contributed by atoms with Gasteiger partial charge in [0.05, 0.1) is 24.2 Å². The lowest BCUT2D eigenvalue weighted by atomic mass is 9.99. The van der Waals surface area contributed by atoms with Crippen molar-refractivity contribution < 1.29 is 42.8 Å². The minimum Gasteiger partial charge on any atom is -0.508 e. The number of oxime groups is 1. The zero-order valence-corrected chi connectivity index (χ0v) is 17.8. The van der Waals surface area contributed by atoms with Crippen LogP contribution in [0.5, 0.6) is 17.2 Å². The fraction of sp³-hybridized carbons (Fsp3) is 0.400. The maximum Gasteiger partial charge on any atom is 0.253 e. The number of aliphatic hydroxyl groups is 2. The van der Waals surface area contributed by atoms with E-state index in [1.165, 1.54) is 32.2 Å². The summed E-state index contributed by atoms with van der Waals surface area (Å²) < 4.78 is 40.9. The predicted octanol–water partition coefficient (Wildman–Crippen LogP) is 2.68. The molecule has 10 nitrogen and oxygen atoms in total. The van der Waals surface area contributed by atoms with Crippen molar-refractivity contribution in [2.24, 2.45) is 5.16 Å². The topological polar surface area (TPSA) is 152 Å². The lowest BCUT2D eigenvalue weighted by Gasteiger charge is -2.31. The fourth-order valence-electron chi connectivity index (χ4n) is 3.44. The van der Waals surface area contributed by atoms with Gasteiger partial charge in [-0.25, -0.2) is 8.42 Å². The average molecular weight is 453 g/mol. The van der Waals surface area contributed by atoms with Crippen molar-refractivity contribution in [3.63, 3.8) is 0 Å². The lowest BCUT2D eigenvalue weighted by molar-refractivity contribution is -0.0863. The molecule has 3 N–H and O–H groups in total. The smallest absolute Gasteiger partial charge is 0.253 e. The van der Waals surface area contributed by atoms with Crippen molar-refractivity contribution in [2.45, 2.75) is 32.0 Å². The third kappa shape index (κ3) is 4.46. The third-order valence-corrected chi connectivity index (χ3v) is 6.82. The highest BCUT2D eigenvalue weighted by Crippen LogP contribution is 2.51. The Bertz CT molecular complexity index is 1070. The molecule has 0 unspecified atom stereocenters. The van der Waals surface area contributed by atoms with Crippen LogP contribution in [0.25, 0.3) is 0 Å². The molecule has 11 heteroatoms. The summed E-state index contributed by atoms with van der Waals surface area (Å²) in [6.07, 6.45) is 1.73. The Morgan fingerprint density at radius 1 is 1.23 bits per heavy atom. The van der Waals surface area contributed by atoms with Gasteiger partial charge >= 0.3 is 0 Å². The van der Waals surface area contributed by atoms with Gasteiger partial charge in [0.2, 0.25) is 5.75 Å². The van der Waals surface area contributed by atoms with Crippen molar-refractivity contribution in [3.05, 3.63) is 40.9 Å². The number of ketones is 1. The summed E-state index contributed by atoms with van der Waals surface area (Å²) in [7, 11) is -1.75. The summed E-state index contributed by atoms with van der Waals surface area (Å²) in [5.41, 5.74) is -0.0384. The van der Waals surface area contributed by atoms with Crippen molar-refractivity contribution >= 4 is 21.8 Å². The standard InChI is InChI=1S/C20H23NO9S/c1-3-14(22)13(16(24)11-21-25)10-15(23)12-4-5-17(28-2)19-18(12)29-20(30-19)6-8-31(26,27)9-7-20/h3-5,11,22,24-25H,6-10H2,1-2H3/b14-3+,16-13+,21-11+. The number of methoxy groups -OCH3 is 1. The van der Waals surface area contributed by atoms with E-state index in [2.05, 4.69) is 5.16 Å². The van der Waals surface area contributed by atoms with Gasteiger partial charge in [0.15, 0.2) is 27.1 Å². The van der Waals surface area contributed by atoms with E-state index >= 15 is 0 Å². The van der Waals surface area contributed by atoms with Crippen LogP contribution < -0.4 is 14.2 Å². The van der Waals surface area contributed by atoms with Gasteiger partial charge in [-0.3, -0.25) is 4.79 Å². The molecule has 168 valence electrons. The van der Waals surface area contributed by atoms with E-state index in [9.17, 15) is 23.4 Å². The number of carbonyl (C=O) groups excluding carboxylic acids is 1. The molecule has 0 bridgehead atoms. The van der Waals surface area contributed by atoms with E-state index in [-0.39, 0.29) is 52.7 Å². The van der Waals surface area contributed by atoms with E-state index < -0.39 is 33.6 Å². The number of Topliss-reactive ketones (excluding diaryl/α,β-unsaturated/α-hetero) is 1. The minimum atomic E-state index is -3.18. The highest BCUT2D eigenvalue weighted by atomic mass is 32.2. The average Bonchev–Trinajstić information content (AvgIpc) is 3.12. The van der Waals surface area contributed by atoms with E-state index in [0.29, 0.717) is 12.0 Å². The summed E-state index contributed by atoms with van der Waals surface area (Å²) in [5, 5.41) is 31.4. The van der Waals surface area contributed by atoms with Crippen LogP contribution >= 0.6 is 0 Å². The number of hydrogen-bond acceptors (Lipinski definition) is 10. The molecule has 1 saturated heterocycles. The van der Waals surface area contributed by atoms with Crippen LogP contribution in [-0.2, 0) is 9.84 Å². The molecule has 2 aliphatic heterocycles. The number of allylic oxidation sites excluding steroid dienone is 3. The lowest BCUT2D eigenvalue weighted by Crippen LogP contribution is -2.46. The fourth-order valence-corrected chi connectivity index (χ4v) is 4.89. The molecule has 0 atom stereocenters. The van der Waals surface area contributed by atoms with Gasteiger partial charge in [-0.2, -0.15) is 0 Å². The molecular formula is C20H23NO9S. The summed E-state index contributed by atoms with van der Waals surface area (Å²) in [4.78, 5) is 13.1. The number of aliphatic hydroxyl groups excluding tert-OH is 2. The Balaban J connectivity index is 1.97. The molecule has 0 amide bonds. The minimum absolute atomic E-state index is 0.0963. The number of benzene rings is 1. The van der Waals surface area contributed by atoms with E-state index in [4.69, 9.17) is 19.4 Å². The summed E-state index contributed by atoms with van der Waals surface area (Å²) >= 11 is 0. The van der Waals surface area contributed by atoms with Crippen LogP contribution in [0, 0.1) is 0 Å². The van der Waals surface area contributed by atoms with Crippen LogP contribution in [0.4, 0.5) is 0 Å². The molecule has 1 spiro atoms. The van der Waals surface area contributed by atoms with Gasteiger partial charge in [0, 0.05) is 24.8 Å². The number of hydrogen-bond donors (Lipinski definition) is 3. The monoisotopic (exact) mass is 453 g/mol. The maximum absolute atomic E-state index is 13.1. The highest BCUT2D eigenvalue weighted by molar-refractivity contribution is 7.91. The molecule has 2 aliphatic rings. The summed E-state index contributed by atoms with van der Waals surface area (Å²) in [5.74, 6) is -2.28. The van der Waals surface area contributed by atoms with Gasteiger partial charge in [-0.1, -0.05) is 5.16 Å². The first-order chi connectivity index (χ1) is 14.6. The zero-order chi connectivity index (χ0) is 22.8. The van der Waals surface area contributed by atoms with Crippen LogP contribution in [0.15, 0.2) is 40.5 Å². The second kappa shape index (κ2) is 8.50. The molecule has 0 aliphatic carbocycles. The Labute approximate surface area is 179 Å². The summed E-state index contributed by atoms with van der Waals surface area (Å²) in [6, 6.07) is 2.98.